The monoisotopic (exact) mass is 548 g/mol. The van der Waals surface area contributed by atoms with Crippen LogP contribution in [0.25, 0.3) is 17.1 Å². The Morgan fingerprint density at radius 1 is 0.897 bits per heavy atom. The lowest BCUT2D eigenvalue weighted by Gasteiger charge is -2.22. The van der Waals surface area contributed by atoms with Crippen molar-refractivity contribution in [2.45, 2.75) is 51.4 Å². The van der Waals surface area contributed by atoms with E-state index in [2.05, 4.69) is 69.9 Å². The summed E-state index contributed by atoms with van der Waals surface area (Å²) in [7, 11) is 4.93. The second-order valence-corrected chi connectivity index (χ2v) is 11.4. The van der Waals surface area contributed by atoms with Crippen LogP contribution in [0.1, 0.15) is 50.8 Å². The van der Waals surface area contributed by atoms with Crippen LogP contribution < -0.4 is 14.2 Å². The molecule has 0 saturated heterocycles. The molecule has 0 amide bonds. The third kappa shape index (κ3) is 6.17. The van der Waals surface area contributed by atoms with Crippen molar-refractivity contribution in [3.05, 3.63) is 71.8 Å². The molecule has 0 bridgehead atoms. The lowest BCUT2D eigenvalue weighted by molar-refractivity contribution is 0.0972. The van der Waals surface area contributed by atoms with Crippen LogP contribution in [0, 0.1) is 6.92 Å². The summed E-state index contributed by atoms with van der Waals surface area (Å²) in [5.41, 5.74) is 3.88. The number of nitrogens with one attached hydrogen (secondary N) is 1. The summed E-state index contributed by atoms with van der Waals surface area (Å²) in [5.74, 6) is 3.05. The van der Waals surface area contributed by atoms with Crippen molar-refractivity contribution in [3.8, 4) is 28.6 Å². The first-order valence-corrected chi connectivity index (χ1v) is 13.6. The van der Waals surface area contributed by atoms with Crippen molar-refractivity contribution in [2.75, 3.05) is 26.1 Å². The van der Waals surface area contributed by atoms with Crippen molar-refractivity contribution < 1.29 is 14.2 Å². The van der Waals surface area contributed by atoms with E-state index in [1.165, 1.54) is 17.5 Å². The Labute approximate surface area is 234 Å². The van der Waals surface area contributed by atoms with Crippen LogP contribution in [-0.4, -0.2) is 51.3 Å². The van der Waals surface area contributed by atoms with Crippen LogP contribution in [0.4, 0.5) is 5.95 Å². The van der Waals surface area contributed by atoms with Gasteiger partial charge in [-0.2, -0.15) is 0 Å². The topological polar surface area (TPSA) is 96.2 Å². The third-order valence-electron chi connectivity index (χ3n) is 6.37. The Kier molecular flexibility index (Phi) is 8.76. The fourth-order valence-corrected chi connectivity index (χ4v) is 4.96. The summed E-state index contributed by atoms with van der Waals surface area (Å²) >= 11 is 1.45. The molecule has 9 nitrogen and oxygen atoms in total. The predicted molar refractivity (Wildman–Crippen MR) is 156 cm³/mol. The molecule has 4 rings (SSSR count). The molecule has 0 aliphatic heterocycles. The summed E-state index contributed by atoms with van der Waals surface area (Å²) in [6.45, 7) is 10.6. The van der Waals surface area contributed by atoms with Crippen LogP contribution in [0.15, 0.2) is 54.9 Å². The zero-order valence-electron chi connectivity index (χ0n) is 23.7. The highest BCUT2D eigenvalue weighted by Gasteiger charge is 2.26. The molecule has 2 aromatic carbocycles. The zero-order valence-corrected chi connectivity index (χ0v) is 24.5. The summed E-state index contributed by atoms with van der Waals surface area (Å²) in [6, 6.07) is 14.1. The molecule has 0 aliphatic carbocycles. The molecule has 2 atom stereocenters. The lowest BCUT2D eigenvalue weighted by Crippen LogP contribution is -2.19. The molecule has 206 valence electrons. The normalized spacial score (nSPS) is 13.1. The highest BCUT2D eigenvalue weighted by Crippen LogP contribution is 2.39. The molecular formula is C29H36N6O3S. The SMILES string of the molecule is COc1cccc(OC)c1-n1c(NSC(C)C(OC)c2ncc(C)cn2)nnc1-c1ccc(C(C)(C)C)cc1. The number of methoxy groups -OCH3 is 3. The molecule has 10 heteroatoms. The minimum absolute atomic E-state index is 0.0383. The van der Waals surface area contributed by atoms with Gasteiger partial charge in [0.1, 0.15) is 23.3 Å². The number of rotatable bonds is 10. The van der Waals surface area contributed by atoms with Crippen LogP contribution >= 0.6 is 11.9 Å². The van der Waals surface area contributed by atoms with Gasteiger partial charge in [0.2, 0.25) is 5.95 Å². The molecule has 0 aliphatic rings. The van der Waals surface area contributed by atoms with Crippen molar-refractivity contribution >= 4 is 17.9 Å². The van der Waals surface area contributed by atoms with Gasteiger partial charge >= 0.3 is 0 Å². The number of nitrogens with zero attached hydrogens (tertiary/aromatic N) is 5. The number of hydrogen-bond acceptors (Lipinski definition) is 9. The summed E-state index contributed by atoms with van der Waals surface area (Å²) in [6.07, 6.45) is 3.26. The Balaban J connectivity index is 1.74. The molecular weight excluding hydrogens is 512 g/mol. The van der Waals surface area contributed by atoms with Gasteiger partial charge in [0.25, 0.3) is 0 Å². The molecule has 0 fully saturated rings. The first-order valence-electron chi connectivity index (χ1n) is 12.7. The van der Waals surface area contributed by atoms with Crippen molar-refractivity contribution in [2.24, 2.45) is 0 Å². The van der Waals surface area contributed by atoms with E-state index in [4.69, 9.17) is 14.2 Å². The average molecular weight is 549 g/mol. The van der Waals surface area contributed by atoms with Crippen molar-refractivity contribution in [3.63, 3.8) is 0 Å². The second kappa shape index (κ2) is 12.0. The van der Waals surface area contributed by atoms with Crippen LogP contribution in [0.3, 0.4) is 0 Å². The van der Waals surface area contributed by atoms with Crippen molar-refractivity contribution in [1.82, 2.24) is 24.7 Å². The third-order valence-corrected chi connectivity index (χ3v) is 7.29. The van der Waals surface area contributed by atoms with E-state index in [0.717, 1.165) is 11.1 Å². The van der Waals surface area contributed by atoms with Gasteiger partial charge in [-0.15, -0.1) is 10.2 Å². The fourth-order valence-electron chi connectivity index (χ4n) is 4.18. The number of benzene rings is 2. The zero-order chi connectivity index (χ0) is 28.2. The maximum atomic E-state index is 5.76. The smallest absolute Gasteiger partial charge is 0.239 e. The second-order valence-electron chi connectivity index (χ2n) is 10.2. The van der Waals surface area contributed by atoms with Crippen LogP contribution in [-0.2, 0) is 10.2 Å². The molecule has 1 N–H and O–H groups in total. The first-order chi connectivity index (χ1) is 18.7. The first kappa shape index (κ1) is 28.4. The maximum Gasteiger partial charge on any atom is 0.239 e. The van der Waals surface area contributed by atoms with Gasteiger partial charge in [-0.05, 0) is 54.5 Å². The Morgan fingerprint density at radius 3 is 2.05 bits per heavy atom. The van der Waals surface area contributed by atoms with E-state index in [1.807, 2.05) is 36.6 Å². The van der Waals surface area contributed by atoms with Crippen molar-refractivity contribution in [1.29, 1.82) is 0 Å². The fraction of sp³-hybridized carbons (Fsp3) is 0.379. The van der Waals surface area contributed by atoms with E-state index in [-0.39, 0.29) is 16.8 Å². The van der Waals surface area contributed by atoms with Gasteiger partial charge in [-0.1, -0.05) is 51.1 Å². The number of aryl methyl sites for hydroxylation is 1. The highest BCUT2D eigenvalue weighted by atomic mass is 32.2. The number of ether oxygens (including phenoxy) is 3. The number of anilines is 1. The van der Waals surface area contributed by atoms with E-state index in [0.29, 0.717) is 34.8 Å². The van der Waals surface area contributed by atoms with Gasteiger partial charge in [-0.25, -0.2) is 9.97 Å². The summed E-state index contributed by atoms with van der Waals surface area (Å²) in [4.78, 5) is 8.92. The molecule has 39 heavy (non-hydrogen) atoms. The number of hydrogen-bond donors (Lipinski definition) is 1. The molecule has 0 saturated carbocycles. The van der Waals surface area contributed by atoms with E-state index >= 15 is 0 Å². The average Bonchev–Trinajstić information content (AvgIpc) is 3.35. The molecule has 0 spiro atoms. The number of para-hydroxylation sites is 1. The molecule has 2 unspecified atom stereocenters. The van der Waals surface area contributed by atoms with Crippen LogP contribution in [0.5, 0.6) is 11.5 Å². The summed E-state index contributed by atoms with van der Waals surface area (Å²) < 4.78 is 22.6. The van der Waals surface area contributed by atoms with Gasteiger partial charge in [0.05, 0.1) is 19.5 Å². The Morgan fingerprint density at radius 2 is 1.51 bits per heavy atom. The van der Waals surface area contributed by atoms with Gasteiger partial charge in [0, 0.05) is 25.1 Å². The van der Waals surface area contributed by atoms with E-state index in [1.54, 1.807) is 33.7 Å². The number of aromatic nitrogens is 5. The molecule has 2 aromatic heterocycles. The lowest BCUT2D eigenvalue weighted by atomic mass is 9.87. The van der Waals surface area contributed by atoms with Gasteiger partial charge < -0.3 is 14.2 Å². The largest absolute Gasteiger partial charge is 0.494 e. The Hall–Kier alpha value is -3.63. The van der Waals surface area contributed by atoms with Gasteiger partial charge in [-0.3, -0.25) is 9.29 Å². The summed E-state index contributed by atoms with van der Waals surface area (Å²) in [5, 5.41) is 9.06. The van der Waals surface area contributed by atoms with E-state index < -0.39 is 0 Å². The van der Waals surface area contributed by atoms with Gasteiger partial charge in [0.15, 0.2) is 11.6 Å². The standard InChI is InChI=1S/C29H36N6O3S/c1-18-16-30-26(31-17-18)25(38-8)19(2)39-34-28-33-32-27(20-12-14-21(15-13-20)29(3,4)5)35(28)24-22(36-6)10-9-11-23(24)37-7/h9-17,19,25H,1-8H3,(H,33,34). The quantitative estimate of drug-likeness (QED) is 0.233. The minimum Gasteiger partial charge on any atom is -0.494 e. The highest BCUT2D eigenvalue weighted by molar-refractivity contribution is 8.01. The molecule has 2 heterocycles. The van der Waals surface area contributed by atoms with E-state index in [9.17, 15) is 0 Å². The molecule has 0 radical (unpaired) electrons. The predicted octanol–water partition coefficient (Wildman–Crippen LogP) is 6.18. The maximum absolute atomic E-state index is 5.76. The minimum atomic E-state index is -0.329. The Bertz CT molecular complexity index is 1360. The molecule has 4 aromatic rings. The van der Waals surface area contributed by atoms with Crippen LogP contribution in [0.2, 0.25) is 0 Å².